The van der Waals surface area contributed by atoms with Crippen molar-refractivity contribution >= 4 is 29.3 Å². The number of nitrogens with two attached hydrogens (primary N) is 1. The Kier molecular flexibility index (Phi) is 4.59. The maximum atomic E-state index is 12.2. The lowest BCUT2D eigenvalue weighted by atomic mass is 10.3. The van der Waals surface area contributed by atoms with Crippen LogP contribution in [-0.4, -0.2) is 47.6 Å². The minimum absolute atomic E-state index is 0.145. The van der Waals surface area contributed by atoms with E-state index in [1.54, 1.807) is 45.9 Å². The van der Waals surface area contributed by atoms with Crippen molar-refractivity contribution in [2.45, 2.75) is 24.0 Å². The van der Waals surface area contributed by atoms with E-state index in [4.69, 9.17) is 5.73 Å². The lowest BCUT2D eigenvalue weighted by Gasteiger charge is -2.07. The topological polar surface area (TPSA) is 134 Å². The van der Waals surface area contributed by atoms with E-state index < -0.39 is 5.91 Å². The van der Waals surface area contributed by atoms with Crippen LogP contribution in [0.25, 0.3) is 5.69 Å². The molecule has 10 nitrogen and oxygen atoms in total. The van der Waals surface area contributed by atoms with Gasteiger partial charge >= 0.3 is 0 Å². The van der Waals surface area contributed by atoms with Gasteiger partial charge in [-0.2, -0.15) is 5.10 Å². The molecule has 0 radical (unpaired) electrons. The van der Waals surface area contributed by atoms with Gasteiger partial charge in [0.1, 0.15) is 5.69 Å². The number of rotatable bonds is 7. The van der Waals surface area contributed by atoms with Crippen LogP contribution in [0.5, 0.6) is 0 Å². The third kappa shape index (κ3) is 3.97. The summed E-state index contributed by atoms with van der Waals surface area (Å²) in [5.41, 5.74) is 6.80. The van der Waals surface area contributed by atoms with Crippen molar-refractivity contribution in [2.75, 3.05) is 11.1 Å². The summed E-state index contributed by atoms with van der Waals surface area (Å²) < 4.78 is 3.32. The van der Waals surface area contributed by atoms with Gasteiger partial charge in [-0.15, -0.1) is 5.10 Å². The van der Waals surface area contributed by atoms with Gasteiger partial charge in [0.2, 0.25) is 11.1 Å². The standard InChI is InChI=1S/C16H16N8O2S/c17-15(26)13-7-8-23(20-13)11-3-1-10(2-4-11)18-14(25)9-27-16-19-21-22-24(16)12-5-6-12/h1-4,7-8,12H,5-6,9H2,(H2,17,26)(H,18,25). The largest absolute Gasteiger partial charge is 0.364 e. The van der Waals surface area contributed by atoms with E-state index >= 15 is 0 Å². The quantitative estimate of drug-likeness (QED) is 0.581. The van der Waals surface area contributed by atoms with E-state index in [1.807, 2.05) is 0 Å². The van der Waals surface area contributed by atoms with Crippen molar-refractivity contribution in [1.82, 2.24) is 30.0 Å². The van der Waals surface area contributed by atoms with Gasteiger partial charge < -0.3 is 11.1 Å². The van der Waals surface area contributed by atoms with Crippen molar-refractivity contribution in [1.29, 1.82) is 0 Å². The van der Waals surface area contributed by atoms with Crippen molar-refractivity contribution in [2.24, 2.45) is 5.73 Å². The van der Waals surface area contributed by atoms with E-state index in [0.717, 1.165) is 18.5 Å². The molecule has 138 valence electrons. The molecule has 0 unspecified atom stereocenters. The number of nitrogens with one attached hydrogen (secondary N) is 1. The highest BCUT2D eigenvalue weighted by Crippen LogP contribution is 2.36. The summed E-state index contributed by atoms with van der Waals surface area (Å²) in [6.45, 7) is 0. The third-order valence-corrected chi connectivity index (χ3v) is 4.88. The highest BCUT2D eigenvalue weighted by atomic mass is 32.2. The number of primary amides is 1. The number of amides is 2. The van der Waals surface area contributed by atoms with Crippen LogP contribution < -0.4 is 11.1 Å². The minimum Gasteiger partial charge on any atom is -0.364 e. The van der Waals surface area contributed by atoms with Gasteiger partial charge in [-0.1, -0.05) is 11.8 Å². The number of tetrazole rings is 1. The summed E-state index contributed by atoms with van der Waals surface area (Å²) in [4.78, 5) is 23.3. The van der Waals surface area contributed by atoms with Crippen LogP contribution in [0.2, 0.25) is 0 Å². The molecule has 4 rings (SSSR count). The predicted octanol–water partition coefficient (Wildman–Crippen LogP) is 1.02. The normalized spacial score (nSPS) is 13.5. The third-order valence-electron chi connectivity index (χ3n) is 3.94. The molecule has 11 heteroatoms. The summed E-state index contributed by atoms with van der Waals surface area (Å²) in [5, 5.41) is 19.2. The van der Waals surface area contributed by atoms with Gasteiger partial charge in [0, 0.05) is 11.9 Å². The number of nitrogens with zero attached hydrogens (tertiary/aromatic N) is 6. The number of anilines is 1. The first-order chi connectivity index (χ1) is 13.1. The van der Waals surface area contributed by atoms with E-state index in [9.17, 15) is 9.59 Å². The molecule has 3 aromatic rings. The number of aromatic nitrogens is 6. The number of carbonyl (C=O) groups is 2. The van der Waals surface area contributed by atoms with Crippen LogP contribution in [0.4, 0.5) is 5.69 Å². The van der Waals surface area contributed by atoms with Crippen LogP contribution >= 0.6 is 11.8 Å². The molecule has 0 spiro atoms. The number of carbonyl (C=O) groups excluding carboxylic acids is 2. The number of benzene rings is 1. The Labute approximate surface area is 158 Å². The lowest BCUT2D eigenvalue weighted by Crippen LogP contribution is -2.14. The second kappa shape index (κ2) is 7.19. The molecule has 1 aliphatic rings. The maximum absolute atomic E-state index is 12.2. The van der Waals surface area contributed by atoms with Crippen molar-refractivity contribution < 1.29 is 9.59 Å². The van der Waals surface area contributed by atoms with Crippen molar-refractivity contribution in [3.8, 4) is 5.69 Å². The van der Waals surface area contributed by atoms with Crippen LogP contribution in [0, 0.1) is 0 Å². The molecule has 2 aromatic heterocycles. The molecule has 27 heavy (non-hydrogen) atoms. The molecular formula is C16H16N8O2S. The monoisotopic (exact) mass is 384 g/mol. The van der Waals surface area contributed by atoms with Crippen LogP contribution in [0.1, 0.15) is 29.4 Å². The lowest BCUT2D eigenvalue weighted by molar-refractivity contribution is -0.113. The Hall–Kier alpha value is -3.21. The summed E-state index contributed by atoms with van der Waals surface area (Å²) in [7, 11) is 0. The summed E-state index contributed by atoms with van der Waals surface area (Å²) in [5.74, 6) is -0.508. The Morgan fingerprint density at radius 3 is 2.67 bits per heavy atom. The molecule has 2 heterocycles. The Bertz CT molecular complexity index is 976. The van der Waals surface area contributed by atoms with Crippen molar-refractivity contribution in [3.05, 3.63) is 42.2 Å². The fourth-order valence-electron chi connectivity index (χ4n) is 2.45. The van der Waals surface area contributed by atoms with Gasteiger partial charge in [-0.3, -0.25) is 9.59 Å². The zero-order valence-electron chi connectivity index (χ0n) is 14.1. The molecule has 3 N–H and O–H groups in total. The molecule has 1 fully saturated rings. The number of thioether (sulfide) groups is 1. The molecular weight excluding hydrogens is 368 g/mol. The summed E-state index contributed by atoms with van der Waals surface area (Å²) in [6, 6.07) is 9.01. The molecule has 1 aromatic carbocycles. The zero-order valence-corrected chi connectivity index (χ0v) is 15.0. The van der Waals surface area contributed by atoms with Gasteiger partial charge in [-0.05, 0) is 53.6 Å². The molecule has 0 saturated heterocycles. The molecule has 0 bridgehead atoms. The van der Waals surface area contributed by atoms with Crippen LogP contribution in [-0.2, 0) is 4.79 Å². The Balaban J connectivity index is 1.34. The van der Waals surface area contributed by atoms with Gasteiger partial charge in [-0.25, -0.2) is 9.36 Å². The van der Waals surface area contributed by atoms with Crippen LogP contribution in [0.15, 0.2) is 41.7 Å². The fraction of sp³-hybridized carbons (Fsp3) is 0.250. The molecule has 2 amide bonds. The highest BCUT2D eigenvalue weighted by Gasteiger charge is 2.28. The number of hydrogen-bond donors (Lipinski definition) is 2. The van der Waals surface area contributed by atoms with E-state index in [-0.39, 0.29) is 17.4 Å². The molecule has 0 atom stereocenters. The smallest absolute Gasteiger partial charge is 0.269 e. The van der Waals surface area contributed by atoms with E-state index in [0.29, 0.717) is 16.9 Å². The van der Waals surface area contributed by atoms with Gasteiger partial charge in [0.05, 0.1) is 17.5 Å². The Morgan fingerprint density at radius 2 is 2.00 bits per heavy atom. The van der Waals surface area contributed by atoms with E-state index in [2.05, 4.69) is 25.9 Å². The first-order valence-corrected chi connectivity index (χ1v) is 9.25. The summed E-state index contributed by atoms with van der Waals surface area (Å²) in [6.07, 6.45) is 3.80. The molecule has 1 aliphatic carbocycles. The first-order valence-electron chi connectivity index (χ1n) is 8.26. The minimum atomic E-state index is -0.581. The average molecular weight is 384 g/mol. The van der Waals surface area contributed by atoms with Gasteiger partial charge in [0.25, 0.3) is 5.91 Å². The second-order valence-electron chi connectivity index (χ2n) is 6.03. The van der Waals surface area contributed by atoms with E-state index in [1.165, 1.54) is 11.8 Å². The average Bonchev–Trinajstić information content (AvgIpc) is 3.19. The SMILES string of the molecule is NC(=O)c1ccn(-c2ccc(NC(=O)CSc3nnnn3C3CC3)cc2)n1. The summed E-state index contributed by atoms with van der Waals surface area (Å²) >= 11 is 1.31. The maximum Gasteiger partial charge on any atom is 0.269 e. The first kappa shape index (κ1) is 17.2. The van der Waals surface area contributed by atoms with Crippen molar-refractivity contribution in [3.63, 3.8) is 0 Å². The van der Waals surface area contributed by atoms with Gasteiger partial charge in [0.15, 0.2) is 0 Å². The molecule has 1 saturated carbocycles. The van der Waals surface area contributed by atoms with Crippen LogP contribution in [0.3, 0.4) is 0 Å². The molecule has 0 aliphatic heterocycles. The Morgan fingerprint density at radius 1 is 1.22 bits per heavy atom. The highest BCUT2D eigenvalue weighted by molar-refractivity contribution is 7.99. The fourth-order valence-corrected chi connectivity index (χ4v) is 3.20. The number of hydrogen-bond acceptors (Lipinski definition) is 7. The second-order valence-corrected chi connectivity index (χ2v) is 6.97. The predicted molar refractivity (Wildman–Crippen MR) is 97.5 cm³/mol. The zero-order chi connectivity index (χ0) is 18.8.